The summed E-state index contributed by atoms with van der Waals surface area (Å²) in [6, 6.07) is 1.03. The fraction of sp³-hybridized carbons (Fsp3) is 0.400. The summed E-state index contributed by atoms with van der Waals surface area (Å²) in [5.74, 6) is -0.840. The van der Waals surface area contributed by atoms with E-state index in [2.05, 4.69) is 5.32 Å². The van der Waals surface area contributed by atoms with Crippen LogP contribution in [0.1, 0.15) is 30.1 Å². The van der Waals surface area contributed by atoms with Gasteiger partial charge < -0.3 is 16.8 Å². The van der Waals surface area contributed by atoms with Gasteiger partial charge in [-0.3, -0.25) is 9.59 Å². The maximum atomic E-state index is 11.6. The van der Waals surface area contributed by atoms with Crippen LogP contribution in [0.2, 0.25) is 0 Å². The second-order valence-electron chi connectivity index (χ2n) is 3.41. The first kappa shape index (κ1) is 12.7. The lowest BCUT2D eigenvalue weighted by Gasteiger charge is -2.10. The third kappa shape index (κ3) is 3.04. The molecule has 0 aromatic carbocycles. The Labute approximate surface area is 97.8 Å². The quantitative estimate of drug-likeness (QED) is 0.714. The van der Waals surface area contributed by atoms with Crippen molar-refractivity contribution < 1.29 is 9.59 Å². The molecule has 0 spiro atoms. The van der Waals surface area contributed by atoms with Gasteiger partial charge in [0, 0.05) is 0 Å². The molecule has 0 bridgehead atoms. The standard InChI is InChI=1S/C10H15N3O2S/c1-2-3-7(11)9(15)13-10-6(8(12)14)4-5-16-10/h4-5,7H,2-3,11H2,1H3,(H2,12,14)(H,13,15). The first-order valence-corrected chi connectivity index (χ1v) is 5.88. The molecular formula is C10H15N3O2S. The van der Waals surface area contributed by atoms with Crippen LogP contribution < -0.4 is 16.8 Å². The molecule has 0 aliphatic heterocycles. The number of hydrogen-bond acceptors (Lipinski definition) is 4. The maximum Gasteiger partial charge on any atom is 0.251 e. The molecule has 0 radical (unpaired) electrons. The van der Waals surface area contributed by atoms with Crippen molar-refractivity contribution in [3.8, 4) is 0 Å². The van der Waals surface area contributed by atoms with Gasteiger partial charge in [0.25, 0.3) is 5.91 Å². The van der Waals surface area contributed by atoms with Crippen molar-refractivity contribution in [2.24, 2.45) is 11.5 Å². The summed E-state index contributed by atoms with van der Waals surface area (Å²) in [7, 11) is 0. The van der Waals surface area contributed by atoms with Crippen molar-refractivity contribution >= 4 is 28.2 Å². The van der Waals surface area contributed by atoms with E-state index in [0.717, 1.165) is 6.42 Å². The van der Waals surface area contributed by atoms with Crippen molar-refractivity contribution in [2.75, 3.05) is 5.32 Å². The molecular weight excluding hydrogens is 226 g/mol. The molecule has 1 atom stereocenters. The third-order valence-electron chi connectivity index (χ3n) is 2.10. The van der Waals surface area contributed by atoms with Gasteiger partial charge in [0.1, 0.15) is 5.00 Å². The highest BCUT2D eigenvalue weighted by Gasteiger charge is 2.16. The predicted octanol–water partition coefficient (Wildman–Crippen LogP) is 0.913. The van der Waals surface area contributed by atoms with Gasteiger partial charge in [0.2, 0.25) is 5.91 Å². The van der Waals surface area contributed by atoms with E-state index in [0.29, 0.717) is 17.0 Å². The first-order chi connectivity index (χ1) is 7.56. The summed E-state index contributed by atoms with van der Waals surface area (Å²) in [6.45, 7) is 1.95. The molecule has 1 aromatic rings. The molecule has 1 rings (SSSR count). The van der Waals surface area contributed by atoms with Gasteiger partial charge in [-0.1, -0.05) is 13.3 Å². The van der Waals surface area contributed by atoms with E-state index in [1.165, 1.54) is 11.3 Å². The molecule has 2 amide bonds. The summed E-state index contributed by atoms with van der Waals surface area (Å²) in [6.07, 6.45) is 1.45. The van der Waals surface area contributed by atoms with Crippen LogP contribution in [-0.4, -0.2) is 17.9 Å². The molecule has 5 nitrogen and oxygen atoms in total. The number of nitrogens with two attached hydrogens (primary N) is 2. The molecule has 0 fully saturated rings. The Bertz CT molecular complexity index is 389. The Hall–Kier alpha value is -1.40. The average molecular weight is 241 g/mol. The predicted molar refractivity (Wildman–Crippen MR) is 64.4 cm³/mol. The fourth-order valence-electron chi connectivity index (χ4n) is 1.25. The van der Waals surface area contributed by atoms with Crippen LogP contribution in [0, 0.1) is 0 Å². The summed E-state index contributed by atoms with van der Waals surface area (Å²) >= 11 is 1.25. The molecule has 1 aromatic heterocycles. The highest BCUT2D eigenvalue weighted by molar-refractivity contribution is 7.14. The van der Waals surface area contributed by atoms with Crippen LogP contribution in [0.25, 0.3) is 0 Å². The number of anilines is 1. The minimum atomic E-state index is -0.555. The smallest absolute Gasteiger partial charge is 0.251 e. The van der Waals surface area contributed by atoms with Crippen molar-refractivity contribution in [3.63, 3.8) is 0 Å². The lowest BCUT2D eigenvalue weighted by atomic mass is 10.1. The van der Waals surface area contributed by atoms with E-state index in [9.17, 15) is 9.59 Å². The number of thiophene rings is 1. The molecule has 88 valence electrons. The van der Waals surface area contributed by atoms with Gasteiger partial charge in [-0.2, -0.15) is 0 Å². The lowest BCUT2D eigenvalue weighted by Crippen LogP contribution is -2.35. The van der Waals surface area contributed by atoms with Gasteiger partial charge in [-0.25, -0.2) is 0 Å². The highest BCUT2D eigenvalue weighted by atomic mass is 32.1. The van der Waals surface area contributed by atoms with E-state index in [1.54, 1.807) is 11.4 Å². The number of rotatable bonds is 5. The Morgan fingerprint density at radius 1 is 1.56 bits per heavy atom. The van der Waals surface area contributed by atoms with E-state index < -0.39 is 11.9 Å². The summed E-state index contributed by atoms with van der Waals surface area (Å²) in [4.78, 5) is 22.6. The third-order valence-corrected chi connectivity index (χ3v) is 2.93. The van der Waals surface area contributed by atoms with Gasteiger partial charge in [-0.15, -0.1) is 11.3 Å². The molecule has 0 saturated heterocycles. The summed E-state index contributed by atoms with van der Waals surface area (Å²) in [5.41, 5.74) is 11.1. The maximum absolute atomic E-state index is 11.6. The average Bonchev–Trinajstić information content (AvgIpc) is 2.66. The number of nitrogens with one attached hydrogen (secondary N) is 1. The molecule has 16 heavy (non-hydrogen) atoms. The Morgan fingerprint density at radius 2 is 2.25 bits per heavy atom. The van der Waals surface area contributed by atoms with Crippen molar-refractivity contribution in [1.29, 1.82) is 0 Å². The molecule has 6 heteroatoms. The van der Waals surface area contributed by atoms with Crippen LogP contribution in [0.3, 0.4) is 0 Å². The number of primary amides is 1. The van der Waals surface area contributed by atoms with Crippen molar-refractivity contribution in [1.82, 2.24) is 0 Å². The number of carbonyl (C=O) groups excluding carboxylic acids is 2. The van der Waals surface area contributed by atoms with Gasteiger partial charge in [-0.05, 0) is 17.9 Å². The normalized spacial score (nSPS) is 12.1. The number of hydrogen-bond donors (Lipinski definition) is 3. The van der Waals surface area contributed by atoms with E-state index in [1.807, 2.05) is 6.92 Å². The van der Waals surface area contributed by atoms with E-state index in [4.69, 9.17) is 11.5 Å². The second kappa shape index (κ2) is 5.62. The topological polar surface area (TPSA) is 98.2 Å². The molecule has 1 heterocycles. The van der Waals surface area contributed by atoms with Crippen LogP contribution in [0.15, 0.2) is 11.4 Å². The Morgan fingerprint density at radius 3 is 2.81 bits per heavy atom. The molecule has 0 aliphatic carbocycles. The largest absolute Gasteiger partial charge is 0.366 e. The number of carbonyl (C=O) groups is 2. The van der Waals surface area contributed by atoms with Gasteiger partial charge in [0.15, 0.2) is 0 Å². The molecule has 5 N–H and O–H groups in total. The van der Waals surface area contributed by atoms with Gasteiger partial charge >= 0.3 is 0 Å². The Balaban J connectivity index is 2.69. The minimum absolute atomic E-state index is 0.285. The van der Waals surface area contributed by atoms with Crippen molar-refractivity contribution in [2.45, 2.75) is 25.8 Å². The van der Waals surface area contributed by atoms with Crippen LogP contribution in [-0.2, 0) is 4.79 Å². The van der Waals surface area contributed by atoms with Crippen LogP contribution >= 0.6 is 11.3 Å². The zero-order chi connectivity index (χ0) is 12.1. The Kier molecular flexibility index (Phi) is 4.45. The van der Waals surface area contributed by atoms with E-state index >= 15 is 0 Å². The van der Waals surface area contributed by atoms with Crippen molar-refractivity contribution in [3.05, 3.63) is 17.0 Å². The fourth-order valence-corrected chi connectivity index (χ4v) is 2.04. The van der Waals surface area contributed by atoms with Crippen LogP contribution in [0.5, 0.6) is 0 Å². The zero-order valence-electron chi connectivity index (χ0n) is 9.03. The monoisotopic (exact) mass is 241 g/mol. The van der Waals surface area contributed by atoms with E-state index in [-0.39, 0.29) is 5.91 Å². The highest BCUT2D eigenvalue weighted by Crippen LogP contribution is 2.22. The SMILES string of the molecule is CCCC(N)C(=O)Nc1sccc1C(N)=O. The van der Waals surface area contributed by atoms with Crippen LogP contribution in [0.4, 0.5) is 5.00 Å². The first-order valence-electron chi connectivity index (χ1n) is 5.00. The van der Waals surface area contributed by atoms with Gasteiger partial charge in [0.05, 0.1) is 11.6 Å². The summed E-state index contributed by atoms with van der Waals surface area (Å²) in [5, 5.41) is 4.77. The summed E-state index contributed by atoms with van der Waals surface area (Å²) < 4.78 is 0. The molecule has 0 aliphatic rings. The molecule has 1 unspecified atom stereocenters. The second-order valence-corrected chi connectivity index (χ2v) is 4.33. The zero-order valence-corrected chi connectivity index (χ0v) is 9.84. The number of amides is 2. The minimum Gasteiger partial charge on any atom is -0.366 e. The lowest BCUT2D eigenvalue weighted by molar-refractivity contribution is -0.117. The molecule has 0 saturated carbocycles.